The van der Waals surface area contributed by atoms with Gasteiger partial charge in [0.1, 0.15) is 0 Å². The number of hydrogen-bond donors (Lipinski definition) is 1. The van der Waals surface area contributed by atoms with Crippen molar-refractivity contribution in [1.82, 2.24) is 9.62 Å². The van der Waals surface area contributed by atoms with Crippen LogP contribution in [0.4, 0.5) is 5.69 Å². The van der Waals surface area contributed by atoms with Crippen molar-refractivity contribution in [3.8, 4) is 0 Å². The second kappa shape index (κ2) is 8.71. The van der Waals surface area contributed by atoms with Crippen LogP contribution in [0.25, 0.3) is 0 Å². The number of piperidine rings is 1. The Morgan fingerprint density at radius 2 is 1.86 bits per heavy atom. The van der Waals surface area contributed by atoms with E-state index in [0.717, 1.165) is 38.4 Å². The molecule has 1 N–H and O–H groups in total. The maximum absolute atomic E-state index is 12.7. The van der Waals surface area contributed by atoms with Gasteiger partial charge in [0.2, 0.25) is 10.0 Å². The summed E-state index contributed by atoms with van der Waals surface area (Å²) < 4.78 is 27.8. The highest BCUT2D eigenvalue weighted by Crippen LogP contribution is 2.22. The van der Waals surface area contributed by atoms with Gasteiger partial charge in [-0.1, -0.05) is 18.2 Å². The van der Waals surface area contributed by atoms with E-state index < -0.39 is 14.9 Å². The molecule has 1 amide bonds. The molecule has 1 aliphatic rings. The maximum Gasteiger partial charge on any atom is 0.270 e. The van der Waals surface area contributed by atoms with Gasteiger partial charge in [0.25, 0.3) is 11.6 Å². The second-order valence-corrected chi connectivity index (χ2v) is 8.82. The van der Waals surface area contributed by atoms with Crippen LogP contribution in [0.15, 0.2) is 47.4 Å². The zero-order chi connectivity index (χ0) is 21.0. The number of aryl methyl sites for hydroxylation is 1. The van der Waals surface area contributed by atoms with Gasteiger partial charge < -0.3 is 4.90 Å². The molecule has 0 unspecified atom stereocenters. The summed E-state index contributed by atoms with van der Waals surface area (Å²) in [6, 6.07) is 10.6. The van der Waals surface area contributed by atoms with Gasteiger partial charge in [0, 0.05) is 37.3 Å². The molecule has 1 heterocycles. The van der Waals surface area contributed by atoms with Crippen LogP contribution in [0, 0.1) is 17.0 Å². The molecule has 1 saturated heterocycles. The molecule has 1 aliphatic heterocycles. The predicted molar refractivity (Wildman–Crippen MR) is 108 cm³/mol. The normalized spacial score (nSPS) is 14.6. The first-order valence-electron chi connectivity index (χ1n) is 9.41. The average Bonchev–Trinajstić information content (AvgIpc) is 2.72. The third kappa shape index (κ3) is 4.99. The number of sulfonamides is 1. The van der Waals surface area contributed by atoms with Gasteiger partial charge in [0.15, 0.2) is 0 Å². The minimum Gasteiger partial charge on any atom is -0.339 e. The van der Waals surface area contributed by atoms with Gasteiger partial charge in [-0.25, -0.2) is 13.1 Å². The fraction of sp³-hybridized carbons (Fsp3) is 0.350. The SMILES string of the molecule is Cc1ccc([N+](=O)[O-])cc1S(=O)(=O)NCc1cccc(C(=O)N2CCCCC2)c1. The number of non-ortho nitro benzene ring substituents is 1. The molecule has 0 saturated carbocycles. The van der Waals surface area contributed by atoms with Crippen molar-refractivity contribution in [2.24, 2.45) is 0 Å². The maximum atomic E-state index is 12.7. The van der Waals surface area contributed by atoms with Crippen molar-refractivity contribution in [3.63, 3.8) is 0 Å². The summed E-state index contributed by atoms with van der Waals surface area (Å²) >= 11 is 0. The number of nitrogens with zero attached hydrogens (tertiary/aromatic N) is 2. The van der Waals surface area contributed by atoms with Crippen molar-refractivity contribution < 1.29 is 18.1 Å². The molecule has 1 fully saturated rings. The van der Waals surface area contributed by atoms with Gasteiger partial charge in [-0.3, -0.25) is 14.9 Å². The van der Waals surface area contributed by atoms with Gasteiger partial charge >= 0.3 is 0 Å². The molecule has 3 rings (SSSR count). The summed E-state index contributed by atoms with van der Waals surface area (Å²) in [6.45, 7) is 3.03. The smallest absolute Gasteiger partial charge is 0.270 e. The van der Waals surface area contributed by atoms with Gasteiger partial charge in [-0.05, 0) is 49.4 Å². The Bertz CT molecular complexity index is 1030. The number of likely N-dealkylation sites (tertiary alicyclic amines) is 1. The molecule has 154 valence electrons. The number of rotatable bonds is 6. The highest BCUT2D eigenvalue weighted by molar-refractivity contribution is 7.89. The van der Waals surface area contributed by atoms with Crippen LogP contribution in [-0.2, 0) is 16.6 Å². The van der Waals surface area contributed by atoms with Crippen molar-refractivity contribution in [3.05, 3.63) is 69.3 Å². The largest absolute Gasteiger partial charge is 0.339 e. The zero-order valence-electron chi connectivity index (χ0n) is 16.1. The van der Waals surface area contributed by atoms with E-state index in [0.29, 0.717) is 16.7 Å². The third-order valence-electron chi connectivity index (χ3n) is 4.96. The van der Waals surface area contributed by atoms with Crippen LogP contribution in [0.2, 0.25) is 0 Å². The summed E-state index contributed by atoms with van der Waals surface area (Å²) in [4.78, 5) is 24.7. The number of nitrogens with one attached hydrogen (secondary N) is 1. The lowest BCUT2D eigenvalue weighted by atomic mass is 10.1. The van der Waals surface area contributed by atoms with Crippen LogP contribution < -0.4 is 4.72 Å². The molecule has 29 heavy (non-hydrogen) atoms. The first-order valence-corrected chi connectivity index (χ1v) is 10.9. The average molecular weight is 417 g/mol. The van der Waals surface area contributed by atoms with Crippen LogP contribution >= 0.6 is 0 Å². The summed E-state index contributed by atoms with van der Waals surface area (Å²) in [5, 5.41) is 11.0. The molecule has 0 aromatic heterocycles. The van der Waals surface area contributed by atoms with Crippen LogP contribution in [-0.4, -0.2) is 37.2 Å². The Balaban J connectivity index is 1.75. The second-order valence-electron chi connectivity index (χ2n) is 7.08. The Morgan fingerprint density at radius 3 is 2.55 bits per heavy atom. The predicted octanol–water partition coefficient (Wildman–Crippen LogP) is 3.01. The van der Waals surface area contributed by atoms with Crippen LogP contribution in [0.5, 0.6) is 0 Å². The summed E-state index contributed by atoms with van der Waals surface area (Å²) in [5.74, 6) is -0.0519. The van der Waals surface area contributed by atoms with Gasteiger partial charge in [-0.15, -0.1) is 0 Å². The first-order chi connectivity index (χ1) is 13.8. The quantitative estimate of drug-likeness (QED) is 0.574. The topological polar surface area (TPSA) is 110 Å². The summed E-state index contributed by atoms with van der Waals surface area (Å²) in [6.07, 6.45) is 3.12. The molecule has 0 atom stereocenters. The molecule has 2 aromatic carbocycles. The van der Waals surface area contributed by atoms with Gasteiger partial charge in [0.05, 0.1) is 9.82 Å². The number of carbonyl (C=O) groups excluding carboxylic acids is 1. The number of amides is 1. The summed E-state index contributed by atoms with van der Waals surface area (Å²) in [5.41, 5.74) is 1.29. The molecule has 8 nitrogen and oxygen atoms in total. The zero-order valence-corrected chi connectivity index (χ0v) is 16.9. The van der Waals surface area contributed by atoms with Crippen LogP contribution in [0.3, 0.4) is 0 Å². The molecule has 0 spiro atoms. The van der Waals surface area contributed by atoms with Crippen LogP contribution in [0.1, 0.15) is 40.7 Å². The Kier molecular flexibility index (Phi) is 6.29. The number of carbonyl (C=O) groups is 1. The summed E-state index contributed by atoms with van der Waals surface area (Å²) in [7, 11) is -3.95. The Morgan fingerprint density at radius 1 is 1.14 bits per heavy atom. The molecule has 0 aliphatic carbocycles. The van der Waals surface area contributed by atoms with Crippen molar-refractivity contribution in [2.45, 2.75) is 37.6 Å². The number of benzene rings is 2. The molecule has 9 heteroatoms. The van der Waals surface area contributed by atoms with E-state index in [-0.39, 0.29) is 23.0 Å². The van der Waals surface area contributed by atoms with E-state index in [1.807, 2.05) is 4.90 Å². The molecule has 2 aromatic rings. The van der Waals surface area contributed by atoms with Crippen molar-refractivity contribution in [1.29, 1.82) is 0 Å². The lowest BCUT2D eigenvalue weighted by Crippen LogP contribution is -2.35. The highest BCUT2D eigenvalue weighted by Gasteiger charge is 2.21. The van der Waals surface area contributed by atoms with E-state index in [1.165, 1.54) is 12.1 Å². The molecular formula is C20H23N3O5S. The minimum atomic E-state index is -3.95. The number of hydrogen-bond acceptors (Lipinski definition) is 5. The lowest BCUT2D eigenvalue weighted by molar-refractivity contribution is -0.385. The number of nitro groups is 1. The monoisotopic (exact) mass is 417 g/mol. The minimum absolute atomic E-state index is 0.0222. The fourth-order valence-corrected chi connectivity index (χ4v) is 4.62. The van der Waals surface area contributed by atoms with E-state index in [4.69, 9.17) is 0 Å². The van der Waals surface area contributed by atoms with E-state index >= 15 is 0 Å². The highest BCUT2D eigenvalue weighted by atomic mass is 32.2. The van der Waals surface area contributed by atoms with Gasteiger partial charge in [-0.2, -0.15) is 0 Å². The number of nitro benzene ring substituents is 1. The van der Waals surface area contributed by atoms with E-state index in [1.54, 1.807) is 31.2 Å². The van der Waals surface area contributed by atoms with Crippen molar-refractivity contribution in [2.75, 3.05) is 13.1 Å². The molecule has 0 radical (unpaired) electrons. The standard InChI is InChI=1S/C20H23N3O5S/c1-15-8-9-18(23(25)26)13-19(15)29(27,28)21-14-16-6-5-7-17(12-16)20(24)22-10-3-2-4-11-22/h5-9,12-13,21H,2-4,10-11,14H2,1H3. The van der Waals surface area contributed by atoms with E-state index in [2.05, 4.69) is 4.72 Å². The molecular weight excluding hydrogens is 394 g/mol. The molecule has 0 bridgehead atoms. The Labute approximate surface area is 169 Å². The lowest BCUT2D eigenvalue weighted by Gasteiger charge is -2.26. The Hall–Kier alpha value is -2.78. The third-order valence-corrected chi connectivity index (χ3v) is 6.50. The first kappa shape index (κ1) is 20.9. The van der Waals surface area contributed by atoms with E-state index in [9.17, 15) is 23.3 Å². The van der Waals surface area contributed by atoms with Crippen molar-refractivity contribution >= 4 is 21.6 Å². The fourth-order valence-electron chi connectivity index (χ4n) is 3.34.